The van der Waals surface area contributed by atoms with Gasteiger partial charge in [0, 0.05) is 5.56 Å². The first kappa shape index (κ1) is 13.9. The topological polar surface area (TPSA) is 49.8 Å². The van der Waals surface area contributed by atoms with E-state index in [9.17, 15) is 9.90 Å². The highest BCUT2D eigenvalue weighted by Crippen LogP contribution is 2.58. The Morgan fingerprint density at radius 1 is 1.42 bits per heavy atom. The minimum Gasteiger partial charge on any atom is -0.496 e. The summed E-state index contributed by atoms with van der Waals surface area (Å²) in [6, 6.07) is 5.78. The monoisotopic (exact) mass is 263 g/mol. The fourth-order valence-corrected chi connectivity index (χ4v) is 2.88. The van der Waals surface area contributed by atoms with Gasteiger partial charge in [-0.05, 0) is 39.9 Å². The summed E-state index contributed by atoms with van der Waals surface area (Å²) in [5, 5.41) is 9.55. The van der Waals surface area contributed by atoms with Crippen LogP contribution < -0.4 is 4.74 Å². The molecule has 1 N–H and O–H groups in total. The number of nitrogens with zero attached hydrogens (tertiary/aromatic N) is 1. The summed E-state index contributed by atoms with van der Waals surface area (Å²) in [5.74, 6) is 0.0478. The highest BCUT2D eigenvalue weighted by atomic mass is 16.5. The normalized spacial score (nSPS) is 18.2. The summed E-state index contributed by atoms with van der Waals surface area (Å²) in [6.45, 7) is 2.01. The molecule has 0 aromatic heterocycles. The first-order valence-corrected chi connectivity index (χ1v) is 6.47. The van der Waals surface area contributed by atoms with Crippen molar-refractivity contribution in [1.29, 1.82) is 0 Å². The summed E-state index contributed by atoms with van der Waals surface area (Å²) in [4.78, 5) is 13.6. The van der Waals surface area contributed by atoms with Crippen LogP contribution in [-0.2, 0) is 4.79 Å². The quantitative estimate of drug-likeness (QED) is 0.886. The van der Waals surface area contributed by atoms with Crippen LogP contribution >= 0.6 is 0 Å². The fraction of sp³-hybridized carbons (Fsp3) is 0.533. The molecule has 1 fully saturated rings. The second-order valence-corrected chi connectivity index (χ2v) is 5.57. The van der Waals surface area contributed by atoms with Gasteiger partial charge in [0.25, 0.3) is 0 Å². The van der Waals surface area contributed by atoms with Crippen molar-refractivity contribution in [1.82, 2.24) is 4.90 Å². The van der Waals surface area contributed by atoms with Crippen molar-refractivity contribution >= 4 is 5.97 Å². The van der Waals surface area contributed by atoms with Crippen molar-refractivity contribution in [3.63, 3.8) is 0 Å². The molecule has 1 aliphatic carbocycles. The number of aryl methyl sites for hydroxylation is 1. The molecule has 1 unspecified atom stereocenters. The van der Waals surface area contributed by atoms with Crippen LogP contribution in [0.15, 0.2) is 18.2 Å². The van der Waals surface area contributed by atoms with Gasteiger partial charge in [-0.25, -0.2) is 0 Å². The maximum absolute atomic E-state index is 11.6. The number of hydrogen-bond acceptors (Lipinski definition) is 3. The van der Waals surface area contributed by atoms with E-state index in [0.717, 1.165) is 29.7 Å². The fourth-order valence-electron chi connectivity index (χ4n) is 2.88. The number of carbonyl (C=O) groups is 1. The molecule has 0 saturated heterocycles. The molecule has 1 saturated carbocycles. The molecule has 19 heavy (non-hydrogen) atoms. The number of methoxy groups -OCH3 is 1. The molecule has 0 amide bonds. The minimum absolute atomic E-state index is 0.153. The third kappa shape index (κ3) is 2.32. The van der Waals surface area contributed by atoms with Crippen molar-refractivity contribution < 1.29 is 14.6 Å². The standard InChI is InChI=1S/C15H21NO3/c1-10-5-6-12(19-4)11(9-10)13(16(2)3)15(7-8-15)14(17)18/h5-6,9,13H,7-8H2,1-4H3,(H,17,18). The number of benzene rings is 1. The third-order valence-corrected chi connectivity index (χ3v) is 3.93. The summed E-state index contributed by atoms with van der Waals surface area (Å²) in [7, 11) is 5.48. The zero-order valence-electron chi connectivity index (χ0n) is 11.9. The third-order valence-electron chi connectivity index (χ3n) is 3.93. The zero-order chi connectivity index (χ0) is 14.2. The van der Waals surface area contributed by atoms with Gasteiger partial charge in [-0.1, -0.05) is 17.7 Å². The van der Waals surface area contributed by atoms with Gasteiger partial charge in [0.15, 0.2) is 0 Å². The Morgan fingerprint density at radius 2 is 2.05 bits per heavy atom. The Kier molecular flexibility index (Phi) is 3.54. The first-order valence-electron chi connectivity index (χ1n) is 6.47. The Bertz CT molecular complexity index is 492. The van der Waals surface area contributed by atoms with Crippen LogP contribution in [0.2, 0.25) is 0 Å². The van der Waals surface area contributed by atoms with Gasteiger partial charge in [0.05, 0.1) is 18.6 Å². The molecule has 1 aliphatic rings. The van der Waals surface area contributed by atoms with E-state index in [-0.39, 0.29) is 6.04 Å². The van der Waals surface area contributed by atoms with E-state index >= 15 is 0 Å². The van der Waals surface area contributed by atoms with Gasteiger partial charge in [0.2, 0.25) is 0 Å². The van der Waals surface area contributed by atoms with Crippen LogP contribution in [0.4, 0.5) is 0 Å². The molecule has 1 atom stereocenters. The van der Waals surface area contributed by atoms with Crippen LogP contribution in [-0.4, -0.2) is 37.2 Å². The van der Waals surface area contributed by atoms with E-state index in [1.54, 1.807) is 7.11 Å². The molecule has 0 spiro atoms. The molecule has 0 heterocycles. The minimum atomic E-state index is -0.713. The Hall–Kier alpha value is -1.55. The van der Waals surface area contributed by atoms with Crippen LogP contribution in [0, 0.1) is 12.3 Å². The lowest BCUT2D eigenvalue weighted by molar-refractivity contribution is -0.146. The van der Waals surface area contributed by atoms with Gasteiger partial charge in [-0.2, -0.15) is 0 Å². The van der Waals surface area contributed by atoms with Crippen LogP contribution in [0.1, 0.15) is 30.0 Å². The molecule has 104 valence electrons. The largest absolute Gasteiger partial charge is 0.496 e. The highest BCUT2D eigenvalue weighted by Gasteiger charge is 2.58. The van der Waals surface area contributed by atoms with Crippen molar-refractivity contribution in [3.05, 3.63) is 29.3 Å². The van der Waals surface area contributed by atoms with Gasteiger partial charge in [-0.15, -0.1) is 0 Å². The predicted octanol–water partition coefficient (Wildman–Crippen LogP) is 2.47. The number of hydrogen-bond donors (Lipinski definition) is 1. The van der Waals surface area contributed by atoms with Crippen LogP contribution in [0.5, 0.6) is 5.75 Å². The number of carboxylic acids is 1. The van der Waals surface area contributed by atoms with Crippen LogP contribution in [0.3, 0.4) is 0 Å². The zero-order valence-corrected chi connectivity index (χ0v) is 11.9. The lowest BCUT2D eigenvalue weighted by atomic mass is 9.88. The SMILES string of the molecule is COc1ccc(C)cc1C(N(C)C)C1(C(=O)O)CC1. The maximum Gasteiger partial charge on any atom is 0.311 e. The molecule has 4 heteroatoms. The van der Waals surface area contributed by atoms with E-state index < -0.39 is 11.4 Å². The average molecular weight is 263 g/mol. The van der Waals surface area contributed by atoms with Crippen LogP contribution in [0.25, 0.3) is 0 Å². The molecule has 0 aliphatic heterocycles. The molecular formula is C15H21NO3. The van der Waals surface area contributed by atoms with Crippen molar-refractivity contribution in [2.75, 3.05) is 21.2 Å². The van der Waals surface area contributed by atoms with E-state index in [4.69, 9.17) is 4.74 Å². The molecule has 0 radical (unpaired) electrons. The molecule has 1 aromatic rings. The van der Waals surface area contributed by atoms with Gasteiger partial charge < -0.3 is 14.7 Å². The second-order valence-electron chi connectivity index (χ2n) is 5.57. The Labute approximate surface area is 114 Å². The predicted molar refractivity (Wildman–Crippen MR) is 73.5 cm³/mol. The summed E-state index contributed by atoms with van der Waals surface area (Å²) >= 11 is 0. The lowest BCUT2D eigenvalue weighted by Crippen LogP contribution is -2.34. The van der Waals surface area contributed by atoms with E-state index in [0.29, 0.717) is 0 Å². The van der Waals surface area contributed by atoms with E-state index in [1.807, 2.05) is 44.1 Å². The van der Waals surface area contributed by atoms with Crippen molar-refractivity contribution in [2.45, 2.75) is 25.8 Å². The van der Waals surface area contributed by atoms with Gasteiger partial charge >= 0.3 is 5.97 Å². The number of aliphatic carboxylic acids is 1. The number of carboxylic acid groups (broad SMARTS) is 1. The number of ether oxygens (including phenoxy) is 1. The summed E-state index contributed by atoms with van der Waals surface area (Å²) in [5.41, 5.74) is 1.42. The Morgan fingerprint density at radius 3 is 2.47 bits per heavy atom. The maximum atomic E-state index is 11.6. The highest BCUT2D eigenvalue weighted by molar-refractivity contribution is 5.79. The molecule has 4 nitrogen and oxygen atoms in total. The van der Waals surface area contributed by atoms with E-state index in [2.05, 4.69) is 0 Å². The Balaban J connectivity index is 2.52. The smallest absolute Gasteiger partial charge is 0.311 e. The average Bonchev–Trinajstić information content (AvgIpc) is 3.10. The lowest BCUT2D eigenvalue weighted by Gasteiger charge is -2.31. The molecule has 2 rings (SSSR count). The molecular weight excluding hydrogens is 242 g/mol. The molecule has 1 aromatic carbocycles. The second kappa shape index (κ2) is 4.85. The summed E-state index contributed by atoms with van der Waals surface area (Å²) in [6.07, 6.45) is 1.45. The summed E-state index contributed by atoms with van der Waals surface area (Å²) < 4.78 is 5.41. The molecule has 0 bridgehead atoms. The van der Waals surface area contributed by atoms with Gasteiger partial charge in [-0.3, -0.25) is 4.79 Å². The van der Waals surface area contributed by atoms with Crippen molar-refractivity contribution in [2.24, 2.45) is 5.41 Å². The van der Waals surface area contributed by atoms with Gasteiger partial charge in [0.1, 0.15) is 5.75 Å². The number of rotatable bonds is 5. The van der Waals surface area contributed by atoms with Crippen molar-refractivity contribution in [3.8, 4) is 5.75 Å². The van der Waals surface area contributed by atoms with E-state index in [1.165, 1.54) is 0 Å². The first-order chi connectivity index (χ1) is 8.92.